The van der Waals surface area contributed by atoms with E-state index in [4.69, 9.17) is 4.52 Å². The lowest BCUT2D eigenvalue weighted by molar-refractivity contribution is -0.156. The molecule has 0 aromatic carbocycles. The topological polar surface area (TPSA) is 32.8 Å². The molecule has 0 aromatic rings. The molecule has 0 aromatic heterocycles. The summed E-state index contributed by atoms with van der Waals surface area (Å²) < 4.78 is 59.9. The van der Waals surface area contributed by atoms with Gasteiger partial charge in [-0.25, -0.2) is 9.34 Å². The number of piperidine rings is 2. The maximum Gasteiger partial charge on any atom is 0.412 e. The molecule has 2 fully saturated rings. The van der Waals surface area contributed by atoms with Gasteiger partial charge in [0.05, 0.1) is 0 Å². The molecule has 0 bridgehead atoms. The highest BCUT2D eigenvalue weighted by Gasteiger charge is 2.46. The van der Waals surface area contributed by atoms with Crippen LogP contribution in [-0.4, -0.2) is 47.3 Å². The number of hydrogen-bond acceptors (Lipinski definition) is 2. The molecule has 2 saturated heterocycles. The second kappa shape index (κ2) is 7.20. The Hall–Kier alpha value is -0.100. The summed E-state index contributed by atoms with van der Waals surface area (Å²) in [6.45, 7) is 3.49. The van der Waals surface area contributed by atoms with Gasteiger partial charge in [0.15, 0.2) is 6.61 Å². The van der Waals surface area contributed by atoms with E-state index in [1.165, 1.54) is 0 Å². The molecule has 0 spiro atoms. The van der Waals surface area contributed by atoms with Crippen molar-refractivity contribution in [2.45, 2.75) is 70.6 Å². The zero-order valence-electron chi connectivity index (χ0n) is 13.3. The molecule has 2 atom stereocenters. The van der Waals surface area contributed by atoms with Crippen LogP contribution in [0, 0.1) is 0 Å². The third-order valence-electron chi connectivity index (χ3n) is 4.58. The van der Waals surface area contributed by atoms with Crippen molar-refractivity contribution >= 4 is 7.67 Å². The predicted octanol–water partition coefficient (Wildman–Crippen LogP) is 4.42. The van der Waals surface area contributed by atoms with Gasteiger partial charge in [-0.3, -0.25) is 9.09 Å². The summed E-state index contributed by atoms with van der Waals surface area (Å²) in [7, 11) is -3.63. The van der Waals surface area contributed by atoms with Crippen molar-refractivity contribution in [3.63, 3.8) is 0 Å². The summed E-state index contributed by atoms with van der Waals surface area (Å²) in [6, 6.07) is -0.0242. The summed E-state index contributed by atoms with van der Waals surface area (Å²) in [4.78, 5) is 0. The van der Waals surface area contributed by atoms with Crippen LogP contribution in [0.4, 0.5) is 13.2 Å². The summed E-state index contributed by atoms with van der Waals surface area (Å²) in [5.74, 6) is 0. The minimum atomic E-state index is -4.46. The van der Waals surface area contributed by atoms with Crippen LogP contribution in [0.3, 0.4) is 0 Å². The van der Waals surface area contributed by atoms with Crippen LogP contribution in [-0.2, 0) is 9.09 Å². The molecule has 0 saturated carbocycles. The summed E-state index contributed by atoms with van der Waals surface area (Å²) in [6.07, 6.45) is 0.980. The van der Waals surface area contributed by atoms with Gasteiger partial charge in [0.1, 0.15) is 0 Å². The lowest BCUT2D eigenvalue weighted by Gasteiger charge is -2.46. The third kappa shape index (κ3) is 4.25. The zero-order valence-corrected chi connectivity index (χ0v) is 14.2. The molecule has 2 heterocycles. The van der Waals surface area contributed by atoms with Gasteiger partial charge in [0, 0.05) is 25.2 Å². The number of hydrogen-bond donors (Lipinski definition) is 0. The Morgan fingerprint density at radius 1 is 1.00 bits per heavy atom. The van der Waals surface area contributed by atoms with E-state index in [9.17, 15) is 17.7 Å². The third-order valence-corrected chi connectivity index (χ3v) is 7.53. The van der Waals surface area contributed by atoms with E-state index in [-0.39, 0.29) is 12.1 Å². The van der Waals surface area contributed by atoms with Gasteiger partial charge < -0.3 is 0 Å². The van der Waals surface area contributed by atoms with E-state index >= 15 is 0 Å². The van der Waals surface area contributed by atoms with Crippen LogP contribution in [0.5, 0.6) is 0 Å². The molecule has 0 amide bonds. The van der Waals surface area contributed by atoms with Crippen molar-refractivity contribution in [3.05, 3.63) is 0 Å². The number of rotatable bonds is 4. The number of halogens is 3. The largest absolute Gasteiger partial charge is 0.412 e. The maximum absolute atomic E-state index is 13.5. The Bertz CT molecular complexity index is 393. The van der Waals surface area contributed by atoms with Crippen LogP contribution in [0.25, 0.3) is 0 Å². The number of alkyl halides is 3. The minimum Gasteiger partial charge on any atom is -0.296 e. The highest BCUT2D eigenvalue weighted by Crippen LogP contribution is 2.59. The first-order chi connectivity index (χ1) is 10.2. The molecular weight excluding hydrogens is 316 g/mol. The Kier molecular flexibility index (Phi) is 5.97. The lowest BCUT2D eigenvalue weighted by atomic mass is 10.1. The lowest BCUT2D eigenvalue weighted by Crippen LogP contribution is -2.45. The molecule has 8 heteroatoms. The van der Waals surface area contributed by atoms with Crippen molar-refractivity contribution in [2.75, 3.05) is 19.7 Å². The summed E-state index contributed by atoms with van der Waals surface area (Å²) >= 11 is 0. The maximum atomic E-state index is 13.5. The molecule has 4 nitrogen and oxygen atoms in total. The van der Waals surface area contributed by atoms with Crippen molar-refractivity contribution < 1.29 is 22.3 Å². The van der Waals surface area contributed by atoms with Crippen molar-refractivity contribution in [1.29, 1.82) is 0 Å². The molecule has 2 rings (SSSR count). The van der Waals surface area contributed by atoms with Crippen LogP contribution < -0.4 is 0 Å². The summed E-state index contributed by atoms with van der Waals surface area (Å²) in [5.41, 5.74) is 0. The molecule has 0 aliphatic carbocycles. The molecular formula is C14H26F3N2O2P. The predicted molar refractivity (Wildman–Crippen MR) is 79.7 cm³/mol. The first-order valence-electron chi connectivity index (χ1n) is 8.09. The Labute approximate surface area is 130 Å². The Morgan fingerprint density at radius 3 is 1.82 bits per heavy atom. The monoisotopic (exact) mass is 342 g/mol. The fourth-order valence-corrected chi connectivity index (χ4v) is 6.29. The average Bonchev–Trinajstić information content (AvgIpc) is 2.45. The highest BCUT2D eigenvalue weighted by molar-refractivity contribution is 7.54. The Balaban J connectivity index is 2.24. The SMILES string of the molecule is CC1CCCCN1P(=O)(OCC(F)(F)F)N1CCCCC1C. The van der Waals surface area contributed by atoms with Gasteiger partial charge in [0.25, 0.3) is 0 Å². The van der Waals surface area contributed by atoms with Gasteiger partial charge in [-0.2, -0.15) is 13.2 Å². The quantitative estimate of drug-likeness (QED) is 0.708. The van der Waals surface area contributed by atoms with E-state index in [2.05, 4.69) is 0 Å². The smallest absolute Gasteiger partial charge is 0.296 e. The van der Waals surface area contributed by atoms with Crippen LogP contribution in [0.1, 0.15) is 52.4 Å². The van der Waals surface area contributed by atoms with Crippen molar-refractivity contribution in [1.82, 2.24) is 9.34 Å². The van der Waals surface area contributed by atoms with Crippen molar-refractivity contribution in [3.8, 4) is 0 Å². The molecule has 2 aliphatic heterocycles. The van der Waals surface area contributed by atoms with E-state index in [0.717, 1.165) is 38.5 Å². The standard InChI is InChI=1S/C14H26F3N2O2P/c1-12-7-3-5-9-18(12)22(20,21-11-14(15,16)17)19-10-6-4-8-13(19)2/h12-13H,3-11H2,1-2H3. The van der Waals surface area contributed by atoms with Gasteiger partial charge >= 0.3 is 13.8 Å². The van der Waals surface area contributed by atoms with Crippen LogP contribution in [0.15, 0.2) is 0 Å². The molecule has 2 aliphatic rings. The molecule has 130 valence electrons. The van der Waals surface area contributed by atoms with Crippen LogP contribution in [0.2, 0.25) is 0 Å². The van der Waals surface area contributed by atoms with Gasteiger partial charge in [-0.15, -0.1) is 0 Å². The average molecular weight is 342 g/mol. The fourth-order valence-electron chi connectivity index (χ4n) is 3.37. The second-order valence-electron chi connectivity index (χ2n) is 6.39. The van der Waals surface area contributed by atoms with Crippen LogP contribution >= 0.6 is 7.67 Å². The molecule has 0 N–H and O–H groups in total. The first kappa shape index (κ1) is 18.2. The van der Waals surface area contributed by atoms with E-state index in [0.29, 0.717) is 13.1 Å². The molecule has 2 unspecified atom stereocenters. The second-order valence-corrected chi connectivity index (χ2v) is 8.66. The fraction of sp³-hybridized carbons (Fsp3) is 1.00. The Morgan fingerprint density at radius 2 is 1.45 bits per heavy atom. The normalized spacial score (nSPS) is 31.9. The van der Waals surface area contributed by atoms with E-state index < -0.39 is 20.5 Å². The molecule has 22 heavy (non-hydrogen) atoms. The minimum absolute atomic E-state index is 0.0121. The van der Waals surface area contributed by atoms with E-state index in [1.807, 2.05) is 13.8 Å². The first-order valence-corrected chi connectivity index (χ1v) is 9.62. The zero-order chi connectivity index (χ0) is 16.4. The van der Waals surface area contributed by atoms with Gasteiger partial charge in [0.2, 0.25) is 0 Å². The van der Waals surface area contributed by atoms with Gasteiger partial charge in [-0.05, 0) is 39.5 Å². The number of nitrogens with zero attached hydrogens (tertiary/aromatic N) is 2. The van der Waals surface area contributed by atoms with Gasteiger partial charge in [-0.1, -0.05) is 12.8 Å². The summed E-state index contributed by atoms with van der Waals surface area (Å²) in [5, 5.41) is 0. The molecule has 0 radical (unpaired) electrons. The highest BCUT2D eigenvalue weighted by atomic mass is 31.2. The van der Waals surface area contributed by atoms with E-state index in [1.54, 1.807) is 9.34 Å². The van der Waals surface area contributed by atoms with Crippen molar-refractivity contribution in [2.24, 2.45) is 0 Å².